The Balaban J connectivity index is 0.000000238. The number of aromatic carboxylic acids is 1. The molecule has 4 aromatic heterocycles. The number of carboxylic acids is 1. The first-order valence-corrected chi connectivity index (χ1v) is 15.2. The molecule has 0 spiro atoms. The maximum atomic E-state index is 12.1. The van der Waals surface area contributed by atoms with Gasteiger partial charge in [-0.25, -0.2) is 19.6 Å². The van der Waals surface area contributed by atoms with Crippen LogP contribution >= 0.6 is 15.9 Å². The van der Waals surface area contributed by atoms with E-state index < -0.39 is 11.9 Å². The van der Waals surface area contributed by atoms with Gasteiger partial charge in [-0.2, -0.15) is 0 Å². The van der Waals surface area contributed by atoms with Crippen molar-refractivity contribution < 1.29 is 33.6 Å². The molecular weight excluding hydrogens is 644 g/mol. The van der Waals surface area contributed by atoms with Gasteiger partial charge in [0.25, 0.3) is 0 Å². The molecule has 1 aromatic carbocycles. The Bertz CT molecular complexity index is 1780. The van der Waals surface area contributed by atoms with Crippen LogP contribution in [0.15, 0.2) is 77.8 Å². The van der Waals surface area contributed by atoms with Crippen LogP contribution in [0, 0.1) is 0 Å². The molecule has 1 saturated heterocycles. The van der Waals surface area contributed by atoms with E-state index in [1.165, 1.54) is 6.07 Å². The van der Waals surface area contributed by atoms with E-state index in [1.54, 1.807) is 43.8 Å². The third kappa shape index (κ3) is 8.35. The van der Waals surface area contributed by atoms with Gasteiger partial charge in [-0.05, 0) is 77.7 Å². The molecule has 0 atom stereocenters. The van der Waals surface area contributed by atoms with E-state index in [-0.39, 0.29) is 17.5 Å². The third-order valence-corrected chi connectivity index (χ3v) is 7.48. The Hall–Kier alpha value is -4.52. The van der Waals surface area contributed by atoms with Gasteiger partial charge >= 0.3 is 11.9 Å². The summed E-state index contributed by atoms with van der Waals surface area (Å²) in [6.45, 7) is 4.67. The van der Waals surface area contributed by atoms with Gasteiger partial charge in [0, 0.05) is 54.3 Å². The van der Waals surface area contributed by atoms with E-state index in [9.17, 15) is 9.59 Å². The van der Waals surface area contributed by atoms with Crippen LogP contribution in [0.25, 0.3) is 32.9 Å². The number of nitrogens with zero attached hydrogens (tertiary/aromatic N) is 4. The maximum absolute atomic E-state index is 12.1. The molecule has 0 aliphatic carbocycles. The Labute approximate surface area is 267 Å². The first-order chi connectivity index (χ1) is 21.9. The lowest BCUT2D eigenvalue weighted by molar-refractivity contribution is -0.0388. The molecule has 6 rings (SSSR count). The van der Waals surface area contributed by atoms with Crippen molar-refractivity contribution >= 4 is 49.7 Å². The van der Waals surface area contributed by atoms with Crippen molar-refractivity contribution in [3.8, 4) is 16.9 Å². The average Bonchev–Trinajstić information content (AvgIpc) is 3.07. The van der Waals surface area contributed by atoms with Gasteiger partial charge < -0.3 is 24.1 Å². The van der Waals surface area contributed by atoms with Crippen molar-refractivity contribution in [2.45, 2.75) is 25.9 Å². The first-order valence-electron chi connectivity index (χ1n) is 14.4. The zero-order valence-corrected chi connectivity index (χ0v) is 26.1. The number of ether oxygens (including phenoxy) is 4. The summed E-state index contributed by atoms with van der Waals surface area (Å²) in [5, 5.41) is 10.4. The number of aromatic nitrogens is 4. The van der Waals surface area contributed by atoms with Crippen molar-refractivity contribution in [3.63, 3.8) is 0 Å². The molecule has 5 aromatic rings. The maximum Gasteiger partial charge on any atom is 0.356 e. The minimum atomic E-state index is -1.03. The minimum Gasteiger partial charge on any atom is -0.491 e. The Morgan fingerprint density at radius 3 is 2.24 bits per heavy atom. The highest BCUT2D eigenvalue weighted by atomic mass is 79.9. The SMILES string of the molecule is CCOC(=O)c1ccc2cncc(-c3ccc(OCCOC4CCOCC4)cc3)c2n1.O=C(O)c1ccc2cncc(Br)c2n1. The third-order valence-electron chi connectivity index (χ3n) is 6.90. The van der Waals surface area contributed by atoms with E-state index >= 15 is 0 Å². The molecule has 0 radical (unpaired) electrons. The van der Waals surface area contributed by atoms with Crippen molar-refractivity contribution in [1.82, 2.24) is 19.9 Å². The number of fused-ring (bicyclic) bond motifs is 2. The zero-order chi connectivity index (χ0) is 31.6. The van der Waals surface area contributed by atoms with Crippen LogP contribution in [-0.4, -0.2) is 76.1 Å². The van der Waals surface area contributed by atoms with E-state index in [0.717, 1.165) is 53.7 Å². The van der Waals surface area contributed by atoms with Crippen LogP contribution in [0.2, 0.25) is 0 Å². The highest BCUT2D eigenvalue weighted by Crippen LogP contribution is 2.28. The summed E-state index contributed by atoms with van der Waals surface area (Å²) < 4.78 is 22.7. The molecule has 5 heterocycles. The Morgan fingerprint density at radius 1 is 0.867 bits per heavy atom. The molecule has 45 heavy (non-hydrogen) atoms. The van der Waals surface area contributed by atoms with E-state index in [0.29, 0.717) is 35.3 Å². The molecule has 1 aliphatic rings. The number of rotatable bonds is 9. The second-order valence-corrected chi connectivity index (χ2v) is 10.8. The standard InChI is InChI=1S/C24H26N2O5.C9H5BrN2O2/c1-2-29-24(27)22-8-5-18-15-25-16-21(23(18)26-22)17-3-6-19(7-4-17)30-13-14-31-20-9-11-28-12-10-20;10-6-4-11-3-5-1-2-7(9(13)14)12-8(5)6/h3-8,15-16,20H,2,9-14H2,1H3;1-4H,(H,13,14). The smallest absolute Gasteiger partial charge is 0.356 e. The van der Waals surface area contributed by atoms with Crippen molar-refractivity contribution in [2.75, 3.05) is 33.0 Å². The lowest BCUT2D eigenvalue weighted by Crippen LogP contribution is -2.25. The number of hydrogen-bond donors (Lipinski definition) is 1. The number of carboxylic acid groups (broad SMARTS) is 1. The van der Waals surface area contributed by atoms with E-state index in [4.69, 9.17) is 24.1 Å². The summed E-state index contributed by atoms with van der Waals surface area (Å²) in [7, 11) is 0. The second-order valence-electron chi connectivity index (χ2n) is 9.93. The quantitative estimate of drug-likeness (QED) is 0.142. The van der Waals surface area contributed by atoms with Crippen LogP contribution < -0.4 is 4.74 Å². The molecule has 0 bridgehead atoms. The number of hydrogen-bond acceptors (Lipinski definition) is 10. The first kappa shape index (κ1) is 31.9. The number of halogens is 1. The van der Waals surface area contributed by atoms with Crippen LogP contribution in [-0.2, 0) is 14.2 Å². The van der Waals surface area contributed by atoms with Gasteiger partial charge in [-0.3, -0.25) is 9.97 Å². The summed E-state index contributed by atoms with van der Waals surface area (Å²) in [4.78, 5) is 39.5. The molecule has 1 aliphatic heterocycles. The van der Waals surface area contributed by atoms with Crippen molar-refractivity contribution in [1.29, 1.82) is 0 Å². The summed E-state index contributed by atoms with van der Waals surface area (Å²) >= 11 is 3.26. The zero-order valence-electron chi connectivity index (χ0n) is 24.5. The molecule has 11 nitrogen and oxygen atoms in total. The fraction of sp³-hybridized carbons (Fsp3) is 0.273. The van der Waals surface area contributed by atoms with Crippen LogP contribution in [0.4, 0.5) is 0 Å². The Morgan fingerprint density at radius 2 is 1.53 bits per heavy atom. The molecule has 0 saturated carbocycles. The van der Waals surface area contributed by atoms with Crippen LogP contribution in [0.5, 0.6) is 5.75 Å². The Kier molecular flexibility index (Phi) is 11.0. The van der Waals surface area contributed by atoms with Crippen molar-refractivity contribution in [3.05, 3.63) is 89.2 Å². The van der Waals surface area contributed by atoms with Crippen LogP contribution in [0.1, 0.15) is 40.7 Å². The molecule has 12 heteroatoms. The summed E-state index contributed by atoms with van der Waals surface area (Å²) in [5.41, 5.74) is 3.42. The predicted octanol–water partition coefficient (Wildman–Crippen LogP) is 6.14. The number of esters is 1. The van der Waals surface area contributed by atoms with Crippen molar-refractivity contribution in [2.24, 2.45) is 0 Å². The summed E-state index contributed by atoms with van der Waals surface area (Å²) in [5.74, 6) is -0.692. The van der Waals surface area contributed by atoms with E-state index in [2.05, 4.69) is 35.9 Å². The van der Waals surface area contributed by atoms with Gasteiger partial charge in [0.15, 0.2) is 0 Å². The molecule has 1 fully saturated rings. The lowest BCUT2D eigenvalue weighted by atomic mass is 10.0. The highest BCUT2D eigenvalue weighted by Gasteiger charge is 2.15. The van der Waals surface area contributed by atoms with E-state index in [1.807, 2.05) is 30.3 Å². The molecule has 232 valence electrons. The van der Waals surface area contributed by atoms with Gasteiger partial charge in [0.1, 0.15) is 23.7 Å². The summed E-state index contributed by atoms with van der Waals surface area (Å²) in [6.07, 6.45) is 8.86. The van der Waals surface area contributed by atoms with Gasteiger partial charge in [0.2, 0.25) is 0 Å². The summed E-state index contributed by atoms with van der Waals surface area (Å²) in [6, 6.07) is 14.4. The number of benzene rings is 1. The normalized spacial score (nSPS) is 13.2. The average molecular weight is 676 g/mol. The number of pyridine rings is 4. The van der Waals surface area contributed by atoms with Gasteiger partial charge in [0.05, 0.1) is 34.8 Å². The molecule has 1 N–H and O–H groups in total. The molecule has 0 amide bonds. The predicted molar refractivity (Wildman–Crippen MR) is 170 cm³/mol. The van der Waals surface area contributed by atoms with Gasteiger partial charge in [-0.15, -0.1) is 0 Å². The largest absolute Gasteiger partial charge is 0.491 e. The molecule has 0 unspecified atom stereocenters. The number of carbonyl (C=O) groups excluding carboxylic acids is 1. The molecular formula is C33H31BrN4O7. The topological polar surface area (TPSA) is 143 Å². The second kappa shape index (κ2) is 15.5. The minimum absolute atomic E-state index is 0.0319. The monoisotopic (exact) mass is 674 g/mol. The fourth-order valence-corrected chi connectivity index (χ4v) is 5.09. The van der Waals surface area contributed by atoms with Crippen LogP contribution in [0.3, 0.4) is 0 Å². The van der Waals surface area contributed by atoms with Gasteiger partial charge in [-0.1, -0.05) is 12.1 Å². The lowest BCUT2D eigenvalue weighted by Gasteiger charge is -2.22. The number of carbonyl (C=O) groups is 2. The highest BCUT2D eigenvalue weighted by molar-refractivity contribution is 9.10. The fourth-order valence-electron chi connectivity index (χ4n) is 4.65.